The van der Waals surface area contributed by atoms with Crippen LogP contribution >= 0.6 is 0 Å². The van der Waals surface area contributed by atoms with Crippen molar-refractivity contribution in [2.45, 2.75) is 25.4 Å². The maximum atomic E-state index is 13.1. The van der Waals surface area contributed by atoms with Crippen molar-refractivity contribution < 1.29 is 23.4 Å². The monoisotopic (exact) mass is 342 g/mol. The van der Waals surface area contributed by atoms with Gasteiger partial charge >= 0.3 is 0 Å². The average molecular weight is 342 g/mol. The van der Waals surface area contributed by atoms with Crippen molar-refractivity contribution in [1.29, 1.82) is 0 Å². The van der Waals surface area contributed by atoms with Crippen LogP contribution in [0, 0.1) is 11.6 Å². The van der Waals surface area contributed by atoms with E-state index in [1.807, 2.05) is 0 Å². The highest BCUT2D eigenvalue weighted by Crippen LogP contribution is 2.11. The van der Waals surface area contributed by atoms with Crippen LogP contribution in [0.5, 0.6) is 0 Å². The minimum atomic E-state index is -1.03. The van der Waals surface area contributed by atoms with Crippen LogP contribution in [-0.4, -0.2) is 60.9 Å². The maximum absolute atomic E-state index is 13.1. The molecule has 0 spiro atoms. The Hall–Kier alpha value is -1.57. The number of nitrogens with zero attached hydrogens (tertiary/aromatic N) is 1. The molecule has 1 amide bonds. The number of carbonyl (C=O) groups excluding carboxylic acids is 1. The highest BCUT2D eigenvalue weighted by molar-refractivity contribution is 5.76. The molecule has 1 aliphatic heterocycles. The lowest BCUT2D eigenvalue weighted by Gasteiger charge is -2.33. The van der Waals surface area contributed by atoms with Crippen LogP contribution in [0.3, 0.4) is 0 Å². The van der Waals surface area contributed by atoms with E-state index in [0.29, 0.717) is 31.7 Å². The predicted octanol–water partition coefficient (Wildman–Crippen LogP) is 1.10. The molecule has 134 valence electrons. The second-order valence-electron chi connectivity index (χ2n) is 6.41. The molecule has 1 saturated heterocycles. The van der Waals surface area contributed by atoms with E-state index in [9.17, 15) is 18.7 Å². The third-order valence-electron chi connectivity index (χ3n) is 3.96. The summed E-state index contributed by atoms with van der Waals surface area (Å²) in [5, 5.41) is 13.1. The van der Waals surface area contributed by atoms with Crippen molar-refractivity contribution in [2.24, 2.45) is 0 Å². The largest absolute Gasteiger partial charge is 0.387 e. The van der Waals surface area contributed by atoms with Gasteiger partial charge < -0.3 is 15.2 Å². The molecule has 1 heterocycles. The molecular formula is C17H24F2N2O3. The quantitative estimate of drug-likeness (QED) is 0.779. The first-order chi connectivity index (χ1) is 11.4. The zero-order valence-electron chi connectivity index (χ0n) is 13.9. The molecule has 0 saturated carbocycles. The Balaban J connectivity index is 1.72. The third-order valence-corrected chi connectivity index (χ3v) is 3.96. The summed E-state index contributed by atoms with van der Waals surface area (Å²) in [5.41, 5.74) is -0.473. The molecule has 2 N–H and O–H groups in total. The first-order valence-corrected chi connectivity index (χ1v) is 8.09. The lowest BCUT2D eigenvalue weighted by atomic mass is 10.1. The number of ether oxygens (including phenoxy) is 1. The number of aliphatic hydroxyl groups is 1. The molecule has 0 radical (unpaired) electrons. The molecule has 1 unspecified atom stereocenters. The minimum Gasteiger partial charge on any atom is -0.387 e. The third kappa shape index (κ3) is 6.14. The Morgan fingerprint density at radius 3 is 2.71 bits per heavy atom. The highest BCUT2D eigenvalue weighted by atomic mass is 19.2. The predicted molar refractivity (Wildman–Crippen MR) is 85.6 cm³/mol. The second kappa shape index (κ2) is 8.50. The summed E-state index contributed by atoms with van der Waals surface area (Å²) in [7, 11) is 0. The summed E-state index contributed by atoms with van der Waals surface area (Å²) in [5.74, 6) is -2.05. The topological polar surface area (TPSA) is 61.8 Å². The fourth-order valence-corrected chi connectivity index (χ4v) is 2.63. The van der Waals surface area contributed by atoms with Gasteiger partial charge in [-0.25, -0.2) is 8.78 Å². The SMILES string of the molecule is CC(O)(CNC(=O)CCc1ccc(F)c(F)c1)CN1CCOCC1. The van der Waals surface area contributed by atoms with E-state index < -0.39 is 17.2 Å². The van der Waals surface area contributed by atoms with Crippen LogP contribution < -0.4 is 5.32 Å². The van der Waals surface area contributed by atoms with Crippen molar-refractivity contribution in [3.05, 3.63) is 35.4 Å². The van der Waals surface area contributed by atoms with Crippen LogP contribution in [-0.2, 0) is 16.0 Å². The number of halogens is 2. The number of benzene rings is 1. The molecule has 1 atom stereocenters. The molecule has 24 heavy (non-hydrogen) atoms. The Bertz CT molecular complexity index is 561. The Labute approximate surface area is 140 Å². The van der Waals surface area contributed by atoms with E-state index in [0.717, 1.165) is 25.2 Å². The number of aryl methyl sites for hydroxylation is 1. The van der Waals surface area contributed by atoms with Crippen molar-refractivity contribution in [3.63, 3.8) is 0 Å². The molecule has 1 aliphatic rings. The van der Waals surface area contributed by atoms with Crippen molar-refractivity contribution in [3.8, 4) is 0 Å². The molecule has 5 nitrogen and oxygen atoms in total. The smallest absolute Gasteiger partial charge is 0.220 e. The lowest BCUT2D eigenvalue weighted by Crippen LogP contribution is -2.51. The molecule has 7 heteroatoms. The van der Waals surface area contributed by atoms with Gasteiger partial charge in [-0.15, -0.1) is 0 Å². The summed E-state index contributed by atoms with van der Waals surface area (Å²) in [6.07, 6.45) is 0.466. The Kier molecular flexibility index (Phi) is 6.65. The van der Waals surface area contributed by atoms with Crippen LogP contribution in [0.4, 0.5) is 8.78 Å². The van der Waals surface area contributed by atoms with E-state index in [2.05, 4.69) is 10.2 Å². The highest BCUT2D eigenvalue weighted by Gasteiger charge is 2.25. The molecule has 0 aliphatic carbocycles. The first kappa shape index (κ1) is 18.8. The summed E-state index contributed by atoms with van der Waals surface area (Å²) < 4.78 is 31.2. The fourth-order valence-electron chi connectivity index (χ4n) is 2.63. The maximum Gasteiger partial charge on any atom is 0.220 e. The van der Waals surface area contributed by atoms with Gasteiger partial charge in [-0.2, -0.15) is 0 Å². The van der Waals surface area contributed by atoms with Gasteiger partial charge in [-0.05, 0) is 31.0 Å². The number of hydrogen-bond acceptors (Lipinski definition) is 4. The summed E-state index contributed by atoms with van der Waals surface area (Å²) in [6.45, 7) is 5.10. The van der Waals surface area contributed by atoms with Crippen LogP contribution in [0.25, 0.3) is 0 Å². The molecule has 1 fully saturated rings. The van der Waals surface area contributed by atoms with Crippen molar-refractivity contribution in [2.75, 3.05) is 39.4 Å². The Morgan fingerprint density at radius 1 is 1.33 bits per heavy atom. The average Bonchev–Trinajstić information content (AvgIpc) is 2.55. The molecule has 1 aromatic carbocycles. The van der Waals surface area contributed by atoms with Crippen molar-refractivity contribution in [1.82, 2.24) is 10.2 Å². The van der Waals surface area contributed by atoms with Gasteiger partial charge in [0.2, 0.25) is 5.91 Å². The zero-order valence-corrected chi connectivity index (χ0v) is 13.9. The molecule has 0 aromatic heterocycles. The van der Waals surface area contributed by atoms with Gasteiger partial charge in [0.15, 0.2) is 11.6 Å². The van der Waals surface area contributed by atoms with E-state index >= 15 is 0 Å². The van der Waals surface area contributed by atoms with E-state index in [1.165, 1.54) is 6.07 Å². The number of amides is 1. The summed E-state index contributed by atoms with van der Waals surface area (Å²) in [4.78, 5) is 14.0. The van der Waals surface area contributed by atoms with Gasteiger partial charge in [-0.1, -0.05) is 6.07 Å². The summed E-state index contributed by atoms with van der Waals surface area (Å²) in [6, 6.07) is 3.60. The lowest BCUT2D eigenvalue weighted by molar-refractivity contribution is -0.122. The van der Waals surface area contributed by atoms with Crippen LogP contribution in [0.15, 0.2) is 18.2 Å². The Morgan fingerprint density at radius 2 is 2.04 bits per heavy atom. The van der Waals surface area contributed by atoms with Gasteiger partial charge in [-0.3, -0.25) is 9.69 Å². The van der Waals surface area contributed by atoms with Crippen LogP contribution in [0.2, 0.25) is 0 Å². The number of hydrogen-bond donors (Lipinski definition) is 2. The summed E-state index contributed by atoms with van der Waals surface area (Å²) >= 11 is 0. The normalized spacial score (nSPS) is 18.2. The van der Waals surface area contributed by atoms with Crippen LogP contribution in [0.1, 0.15) is 18.9 Å². The van der Waals surface area contributed by atoms with Gasteiger partial charge in [0.05, 0.1) is 18.8 Å². The molecule has 1 aromatic rings. The first-order valence-electron chi connectivity index (χ1n) is 8.09. The number of morpholine rings is 1. The second-order valence-corrected chi connectivity index (χ2v) is 6.41. The van der Waals surface area contributed by atoms with E-state index in [1.54, 1.807) is 6.92 Å². The fraction of sp³-hybridized carbons (Fsp3) is 0.588. The molecule has 2 rings (SSSR count). The van der Waals surface area contributed by atoms with Gasteiger partial charge in [0.1, 0.15) is 0 Å². The number of rotatable bonds is 7. The number of β-amino-alcohol motifs (C(OH)–C–C–N with tert-alkyl or cyclic N) is 1. The van der Waals surface area contributed by atoms with E-state index in [-0.39, 0.29) is 18.9 Å². The molecule has 0 bridgehead atoms. The number of carbonyl (C=O) groups is 1. The molecular weight excluding hydrogens is 318 g/mol. The van der Waals surface area contributed by atoms with Crippen molar-refractivity contribution >= 4 is 5.91 Å². The number of nitrogens with one attached hydrogen (secondary N) is 1. The van der Waals surface area contributed by atoms with Gasteiger partial charge in [0.25, 0.3) is 0 Å². The van der Waals surface area contributed by atoms with E-state index in [4.69, 9.17) is 4.74 Å². The zero-order chi connectivity index (χ0) is 17.6. The van der Waals surface area contributed by atoms with Gasteiger partial charge in [0, 0.05) is 32.6 Å². The standard InChI is InChI=1S/C17H24F2N2O3/c1-17(23,12-21-6-8-24-9-7-21)11-20-16(22)5-3-13-2-4-14(18)15(19)10-13/h2,4,10,23H,3,5-9,11-12H2,1H3,(H,20,22). The minimum absolute atomic E-state index is 0.140.